The monoisotopic (exact) mass is 521 g/mol. The number of amides is 2. The fourth-order valence-electron chi connectivity index (χ4n) is 3.92. The van der Waals surface area contributed by atoms with Crippen LogP contribution in [0.2, 0.25) is 5.02 Å². The van der Waals surface area contributed by atoms with Crippen LogP contribution in [0.4, 0.5) is 4.79 Å². The van der Waals surface area contributed by atoms with Crippen LogP contribution in [0, 0.1) is 5.41 Å². The van der Waals surface area contributed by atoms with Crippen molar-refractivity contribution < 1.29 is 19.4 Å². The number of nitrogens with one attached hydrogen (secondary N) is 1. The van der Waals surface area contributed by atoms with Gasteiger partial charge in [0, 0.05) is 41.9 Å². The first-order chi connectivity index (χ1) is 15.9. The first-order valence-electron chi connectivity index (χ1n) is 11.2. The zero-order valence-electron chi connectivity index (χ0n) is 20.7. The lowest BCUT2D eigenvalue weighted by Gasteiger charge is -2.41. The Balaban J connectivity index is 0.00000432. The minimum Gasteiger partial charge on any atom is -0.478 e. The molecule has 0 aliphatic carbocycles. The van der Waals surface area contributed by atoms with Crippen molar-refractivity contribution in [3.05, 3.63) is 70.1 Å². The Kier molecular flexibility index (Phi) is 9.34. The number of aromatic nitrogens is 1. The molecule has 2 heterocycles. The first kappa shape index (κ1) is 28.6. The molecule has 1 aliphatic rings. The van der Waals surface area contributed by atoms with Gasteiger partial charge in [-0.25, -0.2) is 9.59 Å². The summed E-state index contributed by atoms with van der Waals surface area (Å²) in [7, 11) is 1.57. The first-order valence-corrected chi connectivity index (χ1v) is 11.6. The zero-order valence-corrected chi connectivity index (χ0v) is 22.3. The number of rotatable bonds is 8. The van der Waals surface area contributed by atoms with Gasteiger partial charge in [-0.3, -0.25) is 9.88 Å². The summed E-state index contributed by atoms with van der Waals surface area (Å²) in [5, 5.41) is 13.2. The number of carboxylic acids is 1. The van der Waals surface area contributed by atoms with Crippen LogP contribution in [0.3, 0.4) is 0 Å². The summed E-state index contributed by atoms with van der Waals surface area (Å²) in [6, 6.07) is 7.13. The van der Waals surface area contributed by atoms with Gasteiger partial charge < -0.3 is 15.2 Å². The number of carbonyl (C=O) groups is 2. The molecule has 2 N–H and O–H groups in total. The molecule has 0 unspecified atom stereocenters. The summed E-state index contributed by atoms with van der Waals surface area (Å²) in [4.78, 5) is 30.2. The van der Waals surface area contributed by atoms with E-state index >= 15 is 0 Å². The molecule has 1 atom stereocenters. The molecule has 35 heavy (non-hydrogen) atoms. The largest absolute Gasteiger partial charge is 0.478 e. The number of hydrogen-bond acceptors (Lipinski definition) is 4. The number of nitrogens with zero attached hydrogens (tertiary/aromatic N) is 2. The van der Waals surface area contributed by atoms with Crippen molar-refractivity contribution >= 4 is 41.6 Å². The smallest absolute Gasteiger partial charge is 0.337 e. The summed E-state index contributed by atoms with van der Waals surface area (Å²) in [6.07, 6.45) is 6.48. The van der Waals surface area contributed by atoms with Crippen LogP contribution < -0.4 is 5.32 Å². The molecule has 1 aliphatic heterocycles. The molecule has 0 radical (unpaired) electrons. The van der Waals surface area contributed by atoms with Crippen molar-refractivity contribution in [1.29, 1.82) is 0 Å². The van der Waals surface area contributed by atoms with Gasteiger partial charge in [0.25, 0.3) is 0 Å². The molecular formula is C26H33Cl2N3O4. The van der Waals surface area contributed by atoms with Gasteiger partial charge in [-0.15, -0.1) is 12.4 Å². The fraction of sp³-hybridized carbons (Fsp3) is 0.423. The van der Waals surface area contributed by atoms with E-state index in [-0.39, 0.29) is 29.4 Å². The van der Waals surface area contributed by atoms with E-state index in [0.717, 1.165) is 24.0 Å². The van der Waals surface area contributed by atoms with E-state index in [1.807, 2.05) is 25.1 Å². The van der Waals surface area contributed by atoms with Gasteiger partial charge >= 0.3 is 12.0 Å². The predicted octanol–water partition coefficient (Wildman–Crippen LogP) is 5.76. The molecule has 3 rings (SSSR count). The van der Waals surface area contributed by atoms with Crippen molar-refractivity contribution in [3.63, 3.8) is 0 Å². The molecule has 1 aromatic heterocycles. The summed E-state index contributed by atoms with van der Waals surface area (Å²) < 4.78 is 5.14. The number of carbonyl (C=O) groups excluding carboxylic acids is 1. The van der Waals surface area contributed by atoms with Crippen molar-refractivity contribution in [2.75, 3.05) is 20.3 Å². The van der Waals surface area contributed by atoms with Crippen molar-refractivity contribution in [2.24, 2.45) is 5.41 Å². The second-order valence-corrected chi connectivity index (χ2v) is 10.3. The van der Waals surface area contributed by atoms with Gasteiger partial charge in [-0.2, -0.15) is 0 Å². The maximum Gasteiger partial charge on any atom is 0.337 e. The van der Waals surface area contributed by atoms with Crippen LogP contribution in [0.15, 0.2) is 42.9 Å². The van der Waals surface area contributed by atoms with Gasteiger partial charge in [-0.05, 0) is 48.4 Å². The number of methoxy groups -OCH3 is 1. The average molecular weight is 522 g/mol. The summed E-state index contributed by atoms with van der Waals surface area (Å²) in [5.41, 5.74) is 2.45. The number of benzene rings is 1. The highest BCUT2D eigenvalue weighted by Crippen LogP contribution is 2.40. The predicted molar refractivity (Wildman–Crippen MR) is 140 cm³/mol. The molecule has 2 amide bonds. The molecule has 0 saturated heterocycles. The number of ether oxygens (including phenoxy) is 1. The average Bonchev–Trinajstić information content (AvgIpc) is 2.77. The van der Waals surface area contributed by atoms with E-state index in [4.69, 9.17) is 16.3 Å². The zero-order chi connectivity index (χ0) is 25.1. The van der Waals surface area contributed by atoms with Gasteiger partial charge in [-0.1, -0.05) is 44.5 Å². The topological polar surface area (TPSA) is 91.8 Å². The normalized spacial score (nSPS) is 17.9. The molecule has 190 valence electrons. The van der Waals surface area contributed by atoms with E-state index in [2.05, 4.69) is 31.1 Å². The van der Waals surface area contributed by atoms with Crippen molar-refractivity contribution in [1.82, 2.24) is 15.2 Å². The van der Waals surface area contributed by atoms with E-state index in [1.165, 1.54) is 11.1 Å². The van der Waals surface area contributed by atoms with Crippen LogP contribution >= 0.6 is 24.0 Å². The highest BCUT2D eigenvalue weighted by Gasteiger charge is 2.39. The number of halogens is 2. The summed E-state index contributed by atoms with van der Waals surface area (Å²) in [5.74, 6) is -1.07. The van der Waals surface area contributed by atoms with Crippen LogP contribution in [0.25, 0.3) is 5.57 Å². The molecule has 7 nitrogen and oxygen atoms in total. The van der Waals surface area contributed by atoms with E-state index in [9.17, 15) is 14.7 Å². The maximum absolute atomic E-state index is 13.0. The Morgan fingerprint density at radius 3 is 2.57 bits per heavy atom. The SMILES string of the molecule is COCCN1C=C(c2cncc(C(=O)O)c2)[C@](C)(c2ccc(CCC(C)(C)C)c(Cl)c2)NC1=O.Cl. The van der Waals surface area contributed by atoms with E-state index < -0.39 is 11.5 Å². The van der Waals surface area contributed by atoms with Gasteiger partial charge in [0.15, 0.2) is 0 Å². The van der Waals surface area contributed by atoms with Crippen molar-refractivity contribution in [2.45, 2.75) is 46.1 Å². The number of aromatic carboxylic acids is 1. The Morgan fingerprint density at radius 1 is 1.26 bits per heavy atom. The number of pyridine rings is 1. The Labute approximate surface area is 217 Å². The molecule has 0 saturated carbocycles. The minimum absolute atomic E-state index is 0. The van der Waals surface area contributed by atoms with E-state index in [1.54, 1.807) is 25.6 Å². The number of hydrogen-bond donors (Lipinski definition) is 2. The van der Waals surface area contributed by atoms with Gasteiger partial charge in [0.2, 0.25) is 0 Å². The molecule has 1 aromatic carbocycles. The Hall–Kier alpha value is -2.61. The van der Waals surface area contributed by atoms with Crippen molar-refractivity contribution in [3.8, 4) is 0 Å². The fourth-order valence-corrected chi connectivity index (χ4v) is 4.19. The quantitative estimate of drug-likeness (QED) is 0.460. The van der Waals surface area contributed by atoms with Gasteiger partial charge in [0.1, 0.15) is 0 Å². The lowest BCUT2D eigenvalue weighted by molar-refractivity contribution is 0.0696. The third-order valence-electron chi connectivity index (χ3n) is 6.05. The van der Waals surface area contributed by atoms with Gasteiger partial charge in [0.05, 0.1) is 24.3 Å². The van der Waals surface area contributed by atoms with Crippen LogP contribution in [0.1, 0.15) is 61.2 Å². The Bertz CT molecular complexity index is 1110. The molecular weight excluding hydrogens is 489 g/mol. The molecule has 0 fully saturated rings. The summed E-state index contributed by atoms with van der Waals surface area (Å²) >= 11 is 6.68. The van der Waals surface area contributed by atoms with E-state index in [0.29, 0.717) is 29.3 Å². The third-order valence-corrected chi connectivity index (χ3v) is 6.40. The Morgan fingerprint density at radius 2 is 1.97 bits per heavy atom. The molecule has 0 spiro atoms. The minimum atomic E-state index is -1.07. The lowest BCUT2D eigenvalue weighted by Crippen LogP contribution is -2.53. The number of carboxylic acid groups (broad SMARTS) is 1. The second kappa shape index (κ2) is 11.4. The lowest BCUT2D eigenvalue weighted by atomic mass is 9.79. The molecule has 0 bridgehead atoms. The van der Waals surface area contributed by atoms with Crippen LogP contribution in [0.5, 0.6) is 0 Å². The molecule has 9 heteroatoms. The summed E-state index contributed by atoms with van der Waals surface area (Å²) in [6.45, 7) is 9.17. The molecule has 2 aromatic rings. The standard InChI is InChI=1S/C26H32ClN3O4.ClH/c1-25(2,3)9-8-17-6-7-20(13-22(17)27)26(4)21(16-30(10-11-34-5)24(33)29-26)18-12-19(23(31)32)15-28-14-18;/h6-7,12-16H,8-11H2,1-5H3,(H,29,33)(H,31,32);1H/t26-;/m0./s1. The van der Waals surface area contributed by atoms with Crippen LogP contribution in [-0.4, -0.2) is 47.3 Å². The number of aryl methyl sites for hydroxylation is 1. The maximum atomic E-state index is 13.0. The second-order valence-electron chi connectivity index (χ2n) is 9.92. The van der Waals surface area contributed by atoms with Crippen LogP contribution in [-0.2, 0) is 16.7 Å². The highest BCUT2D eigenvalue weighted by atomic mass is 35.5. The highest BCUT2D eigenvalue weighted by molar-refractivity contribution is 6.31. The number of urea groups is 1. The third kappa shape index (κ3) is 6.75.